The molecular formula is C16H22ClN5O2S. The summed E-state index contributed by atoms with van der Waals surface area (Å²) in [5.41, 5.74) is 0.687. The van der Waals surface area contributed by atoms with Crippen LogP contribution in [0.3, 0.4) is 0 Å². The van der Waals surface area contributed by atoms with Crippen molar-refractivity contribution >= 4 is 33.3 Å². The first-order valence-corrected chi connectivity index (χ1v) is 9.96. The first-order valence-electron chi connectivity index (χ1n) is 7.93. The summed E-state index contributed by atoms with van der Waals surface area (Å²) in [6, 6.07) is 8.54. The minimum absolute atomic E-state index is 0.0820. The number of aryl methyl sites for hydroxylation is 1. The van der Waals surface area contributed by atoms with Crippen molar-refractivity contribution < 1.29 is 8.42 Å². The molecule has 7 nitrogen and oxygen atoms in total. The highest BCUT2D eigenvalue weighted by Crippen LogP contribution is 2.12. The van der Waals surface area contributed by atoms with Crippen molar-refractivity contribution in [2.75, 3.05) is 30.3 Å². The fourth-order valence-electron chi connectivity index (χ4n) is 2.18. The number of sulfonamides is 1. The average Bonchev–Trinajstić information content (AvgIpc) is 2.53. The van der Waals surface area contributed by atoms with E-state index in [0.717, 1.165) is 12.4 Å². The third kappa shape index (κ3) is 6.85. The quantitative estimate of drug-likeness (QED) is 0.575. The molecule has 0 aliphatic rings. The zero-order chi connectivity index (χ0) is 18.3. The highest BCUT2D eigenvalue weighted by atomic mass is 35.5. The Morgan fingerprint density at radius 1 is 1.04 bits per heavy atom. The van der Waals surface area contributed by atoms with Crippen LogP contribution in [-0.4, -0.2) is 38.0 Å². The minimum atomic E-state index is -3.41. The SMILES string of the molecule is CCNc1cc(NCCNS(=O)(=O)Cc2ccc(Cl)cc2)nc(C)n1. The van der Waals surface area contributed by atoms with E-state index in [1.807, 2.05) is 6.92 Å². The lowest BCUT2D eigenvalue weighted by molar-refractivity contribution is 0.582. The smallest absolute Gasteiger partial charge is 0.215 e. The van der Waals surface area contributed by atoms with Crippen molar-refractivity contribution in [1.29, 1.82) is 0 Å². The Balaban J connectivity index is 1.82. The van der Waals surface area contributed by atoms with Gasteiger partial charge in [0, 0.05) is 30.7 Å². The van der Waals surface area contributed by atoms with E-state index in [9.17, 15) is 8.42 Å². The molecule has 0 unspecified atom stereocenters. The highest BCUT2D eigenvalue weighted by Gasteiger charge is 2.11. The van der Waals surface area contributed by atoms with Crippen molar-refractivity contribution in [3.63, 3.8) is 0 Å². The Labute approximate surface area is 153 Å². The lowest BCUT2D eigenvalue weighted by atomic mass is 10.2. The molecule has 0 aliphatic heterocycles. The van der Waals surface area contributed by atoms with Crippen LogP contribution in [0.15, 0.2) is 30.3 Å². The zero-order valence-electron chi connectivity index (χ0n) is 14.2. The molecule has 0 spiro atoms. The van der Waals surface area contributed by atoms with E-state index in [0.29, 0.717) is 28.8 Å². The summed E-state index contributed by atoms with van der Waals surface area (Å²) in [5, 5.41) is 6.79. The van der Waals surface area contributed by atoms with Crippen molar-refractivity contribution in [1.82, 2.24) is 14.7 Å². The van der Waals surface area contributed by atoms with Crippen LogP contribution >= 0.6 is 11.6 Å². The van der Waals surface area contributed by atoms with Crippen LogP contribution < -0.4 is 15.4 Å². The van der Waals surface area contributed by atoms with Gasteiger partial charge in [0.2, 0.25) is 10.0 Å². The number of hydrogen-bond acceptors (Lipinski definition) is 6. The van der Waals surface area contributed by atoms with E-state index in [2.05, 4.69) is 25.3 Å². The van der Waals surface area contributed by atoms with Gasteiger partial charge in [-0.25, -0.2) is 23.1 Å². The van der Waals surface area contributed by atoms with E-state index in [1.54, 1.807) is 37.3 Å². The fraction of sp³-hybridized carbons (Fsp3) is 0.375. The van der Waals surface area contributed by atoms with Crippen LogP contribution in [0.4, 0.5) is 11.6 Å². The van der Waals surface area contributed by atoms with Gasteiger partial charge in [0.1, 0.15) is 17.5 Å². The van der Waals surface area contributed by atoms with E-state index in [1.165, 1.54) is 0 Å². The summed E-state index contributed by atoms with van der Waals surface area (Å²) in [5.74, 6) is 1.95. The topological polar surface area (TPSA) is 96.0 Å². The van der Waals surface area contributed by atoms with E-state index >= 15 is 0 Å². The summed E-state index contributed by atoms with van der Waals surface area (Å²) in [7, 11) is -3.41. The Morgan fingerprint density at radius 3 is 2.32 bits per heavy atom. The van der Waals surface area contributed by atoms with Gasteiger partial charge in [0.05, 0.1) is 5.75 Å². The molecule has 136 valence electrons. The normalized spacial score (nSPS) is 11.3. The molecule has 0 fully saturated rings. The summed E-state index contributed by atoms with van der Waals surface area (Å²) in [6.07, 6.45) is 0. The second kappa shape index (κ2) is 8.98. The van der Waals surface area contributed by atoms with Crippen molar-refractivity contribution in [3.05, 3.63) is 46.7 Å². The van der Waals surface area contributed by atoms with Crippen LogP contribution in [0, 0.1) is 6.92 Å². The lowest BCUT2D eigenvalue weighted by Gasteiger charge is -2.10. The summed E-state index contributed by atoms with van der Waals surface area (Å²) >= 11 is 5.80. The molecule has 9 heteroatoms. The Kier molecular flexibility index (Phi) is 6.98. The van der Waals surface area contributed by atoms with Gasteiger partial charge in [-0.3, -0.25) is 0 Å². The molecule has 0 aliphatic carbocycles. The molecule has 1 aromatic carbocycles. The van der Waals surface area contributed by atoms with Gasteiger partial charge >= 0.3 is 0 Å². The first kappa shape index (κ1) is 19.4. The van der Waals surface area contributed by atoms with E-state index in [-0.39, 0.29) is 12.3 Å². The zero-order valence-corrected chi connectivity index (χ0v) is 15.8. The maximum atomic E-state index is 12.1. The predicted octanol–water partition coefficient (Wildman–Crippen LogP) is 2.40. The molecule has 0 amide bonds. The van der Waals surface area contributed by atoms with Crippen LogP contribution in [0.25, 0.3) is 0 Å². The number of nitrogens with one attached hydrogen (secondary N) is 3. The van der Waals surface area contributed by atoms with E-state index < -0.39 is 10.0 Å². The fourth-order valence-corrected chi connectivity index (χ4v) is 3.45. The van der Waals surface area contributed by atoms with Crippen LogP contribution in [-0.2, 0) is 15.8 Å². The molecule has 2 rings (SSSR count). The molecule has 0 saturated carbocycles. The first-order chi connectivity index (χ1) is 11.9. The third-order valence-electron chi connectivity index (χ3n) is 3.22. The molecule has 2 aromatic rings. The number of aromatic nitrogens is 2. The number of nitrogens with zero attached hydrogens (tertiary/aromatic N) is 2. The standard InChI is InChI=1S/C16H22ClN5O2S/c1-3-18-15-10-16(22-12(2)21-15)19-8-9-20-25(23,24)11-13-4-6-14(17)7-5-13/h4-7,10,20H,3,8-9,11H2,1-2H3,(H2,18,19,21,22). The molecule has 1 heterocycles. The summed E-state index contributed by atoms with van der Waals surface area (Å²) < 4.78 is 26.7. The number of benzene rings is 1. The van der Waals surface area contributed by atoms with Gasteiger partial charge in [-0.2, -0.15) is 0 Å². The van der Waals surface area contributed by atoms with Crippen molar-refractivity contribution in [2.45, 2.75) is 19.6 Å². The van der Waals surface area contributed by atoms with Gasteiger partial charge in [0.25, 0.3) is 0 Å². The van der Waals surface area contributed by atoms with Gasteiger partial charge < -0.3 is 10.6 Å². The van der Waals surface area contributed by atoms with Crippen LogP contribution in [0.5, 0.6) is 0 Å². The molecule has 0 atom stereocenters. The molecule has 0 radical (unpaired) electrons. The van der Waals surface area contributed by atoms with Gasteiger partial charge in [-0.15, -0.1) is 0 Å². The molecular weight excluding hydrogens is 362 g/mol. The highest BCUT2D eigenvalue weighted by molar-refractivity contribution is 7.88. The molecule has 25 heavy (non-hydrogen) atoms. The average molecular weight is 384 g/mol. The van der Waals surface area contributed by atoms with Gasteiger partial charge in [-0.1, -0.05) is 23.7 Å². The van der Waals surface area contributed by atoms with E-state index in [4.69, 9.17) is 11.6 Å². The van der Waals surface area contributed by atoms with Crippen molar-refractivity contribution in [3.8, 4) is 0 Å². The molecule has 1 aromatic heterocycles. The van der Waals surface area contributed by atoms with Crippen LogP contribution in [0.1, 0.15) is 18.3 Å². The second-order valence-corrected chi connectivity index (χ2v) is 7.67. The maximum absolute atomic E-state index is 12.1. The predicted molar refractivity (Wildman–Crippen MR) is 102 cm³/mol. The lowest BCUT2D eigenvalue weighted by Crippen LogP contribution is -2.30. The Hall–Kier alpha value is -1.90. The van der Waals surface area contributed by atoms with Gasteiger partial charge in [-0.05, 0) is 31.5 Å². The summed E-state index contributed by atoms with van der Waals surface area (Å²) in [4.78, 5) is 8.54. The summed E-state index contributed by atoms with van der Waals surface area (Å²) in [6.45, 7) is 5.23. The van der Waals surface area contributed by atoms with Crippen molar-refractivity contribution in [2.24, 2.45) is 0 Å². The monoisotopic (exact) mass is 383 g/mol. The number of rotatable bonds is 9. The minimum Gasteiger partial charge on any atom is -0.370 e. The van der Waals surface area contributed by atoms with Crippen LogP contribution in [0.2, 0.25) is 5.02 Å². The maximum Gasteiger partial charge on any atom is 0.215 e. The number of anilines is 2. The Morgan fingerprint density at radius 2 is 1.68 bits per heavy atom. The van der Waals surface area contributed by atoms with Gasteiger partial charge in [0.15, 0.2) is 0 Å². The Bertz CT molecular complexity index is 797. The number of hydrogen-bond donors (Lipinski definition) is 3. The largest absolute Gasteiger partial charge is 0.370 e. The molecule has 3 N–H and O–H groups in total. The third-order valence-corrected chi connectivity index (χ3v) is 4.83. The second-order valence-electron chi connectivity index (χ2n) is 5.42. The molecule has 0 saturated heterocycles. The number of halogens is 1. The molecule has 0 bridgehead atoms.